The first-order valence-electron chi connectivity index (χ1n) is 6.22. The zero-order valence-corrected chi connectivity index (χ0v) is 9.60. The van der Waals surface area contributed by atoms with Crippen molar-refractivity contribution >= 4 is 16.8 Å². The van der Waals surface area contributed by atoms with Crippen LogP contribution in [0.4, 0.5) is 5.69 Å². The average Bonchev–Trinajstić information content (AvgIpc) is 3.03. The van der Waals surface area contributed by atoms with Crippen molar-refractivity contribution in [3.8, 4) is 0 Å². The highest BCUT2D eigenvalue weighted by Gasteiger charge is 2.37. The lowest BCUT2D eigenvalue weighted by atomic mass is 10.1. The predicted octanol–water partition coefficient (Wildman–Crippen LogP) is 1.63. The number of anilines is 1. The second kappa shape index (κ2) is 3.47. The first-order chi connectivity index (χ1) is 8.42. The lowest BCUT2D eigenvalue weighted by molar-refractivity contribution is 0.578. The van der Waals surface area contributed by atoms with E-state index in [4.69, 9.17) is 4.42 Å². The van der Waals surface area contributed by atoms with Crippen LogP contribution < -0.4 is 10.2 Å². The summed E-state index contributed by atoms with van der Waals surface area (Å²) in [6.07, 6.45) is 4.96. The van der Waals surface area contributed by atoms with Gasteiger partial charge in [0.15, 0.2) is 5.58 Å². The summed E-state index contributed by atoms with van der Waals surface area (Å²) in [6.45, 7) is 3.41. The highest BCUT2D eigenvalue weighted by atomic mass is 16.3. The zero-order valence-electron chi connectivity index (χ0n) is 9.60. The van der Waals surface area contributed by atoms with Crippen molar-refractivity contribution in [2.45, 2.75) is 12.5 Å². The van der Waals surface area contributed by atoms with Crippen LogP contribution in [0.1, 0.15) is 6.42 Å². The summed E-state index contributed by atoms with van der Waals surface area (Å²) in [4.78, 5) is 6.92. The average molecular weight is 229 g/mol. The molecule has 0 aliphatic carbocycles. The highest BCUT2D eigenvalue weighted by molar-refractivity contribution is 5.76. The summed E-state index contributed by atoms with van der Waals surface area (Å²) >= 11 is 0. The van der Waals surface area contributed by atoms with Gasteiger partial charge in [0.25, 0.3) is 0 Å². The first-order valence-corrected chi connectivity index (χ1v) is 6.22. The van der Waals surface area contributed by atoms with Crippen LogP contribution in [0.2, 0.25) is 0 Å². The third-order valence-corrected chi connectivity index (χ3v) is 4.07. The number of fused-ring (bicyclic) bond motifs is 2. The fraction of sp³-hybridized carbons (Fsp3) is 0.462. The van der Waals surface area contributed by atoms with Crippen molar-refractivity contribution in [2.24, 2.45) is 5.92 Å². The van der Waals surface area contributed by atoms with Crippen LogP contribution in [-0.2, 0) is 0 Å². The van der Waals surface area contributed by atoms with Gasteiger partial charge >= 0.3 is 0 Å². The number of furan rings is 1. The van der Waals surface area contributed by atoms with E-state index >= 15 is 0 Å². The molecule has 4 heteroatoms. The number of nitrogens with one attached hydrogen (secondary N) is 1. The van der Waals surface area contributed by atoms with Crippen LogP contribution in [0.5, 0.6) is 0 Å². The lowest BCUT2D eigenvalue weighted by Crippen LogP contribution is -2.34. The molecule has 2 unspecified atom stereocenters. The maximum atomic E-state index is 5.42. The SMILES string of the molecule is c1cc2ncc(N3CCC4CNCC43)cc2o1. The van der Waals surface area contributed by atoms with Gasteiger partial charge in [0.05, 0.1) is 18.1 Å². The molecule has 1 N–H and O–H groups in total. The molecule has 2 atom stereocenters. The molecule has 2 aliphatic rings. The zero-order chi connectivity index (χ0) is 11.2. The summed E-state index contributed by atoms with van der Waals surface area (Å²) in [5, 5.41) is 3.47. The van der Waals surface area contributed by atoms with Crippen molar-refractivity contribution < 1.29 is 4.42 Å². The van der Waals surface area contributed by atoms with Crippen LogP contribution in [0.15, 0.2) is 29.0 Å². The number of hydrogen-bond acceptors (Lipinski definition) is 4. The molecule has 2 aromatic rings. The topological polar surface area (TPSA) is 41.3 Å². The monoisotopic (exact) mass is 229 g/mol. The Morgan fingerprint density at radius 1 is 1.41 bits per heavy atom. The number of pyridine rings is 1. The van der Waals surface area contributed by atoms with E-state index < -0.39 is 0 Å². The van der Waals surface area contributed by atoms with E-state index in [0.717, 1.165) is 36.7 Å². The normalized spacial score (nSPS) is 27.9. The van der Waals surface area contributed by atoms with Crippen LogP contribution >= 0.6 is 0 Å². The summed E-state index contributed by atoms with van der Waals surface area (Å²) in [5.41, 5.74) is 3.02. The minimum Gasteiger partial charge on any atom is -0.463 e. The molecular formula is C13H15N3O. The molecular weight excluding hydrogens is 214 g/mol. The Morgan fingerprint density at radius 3 is 3.41 bits per heavy atom. The summed E-state index contributed by atoms with van der Waals surface area (Å²) in [7, 11) is 0. The van der Waals surface area contributed by atoms with Crippen molar-refractivity contribution in [2.75, 3.05) is 24.5 Å². The smallest absolute Gasteiger partial charge is 0.154 e. The molecule has 2 fully saturated rings. The van der Waals surface area contributed by atoms with E-state index in [2.05, 4.69) is 21.3 Å². The van der Waals surface area contributed by atoms with E-state index in [1.807, 2.05) is 12.3 Å². The van der Waals surface area contributed by atoms with E-state index in [1.54, 1.807) is 6.26 Å². The summed E-state index contributed by atoms with van der Waals surface area (Å²) in [5.74, 6) is 0.808. The molecule has 0 radical (unpaired) electrons. The fourth-order valence-electron chi connectivity index (χ4n) is 3.16. The quantitative estimate of drug-likeness (QED) is 0.807. The number of aromatic nitrogens is 1. The van der Waals surface area contributed by atoms with E-state index in [-0.39, 0.29) is 0 Å². The molecule has 0 spiro atoms. The molecule has 2 aromatic heterocycles. The second-order valence-electron chi connectivity index (χ2n) is 4.97. The molecule has 2 saturated heterocycles. The summed E-state index contributed by atoms with van der Waals surface area (Å²) in [6, 6.07) is 4.66. The van der Waals surface area contributed by atoms with Gasteiger partial charge in [-0.05, 0) is 12.3 Å². The molecule has 17 heavy (non-hydrogen) atoms. The Labute approximate surface area is 99.6 Å². The van der Waals surface area contributed by atoms with Crippen molar-refractivity contribution in [1.29, 1.82) is 0 Å². The molecule has 0 amide bonds. The van der Waals surface area contributed by atoms with Crippen LogP contribution in [0, 0.1) is 5.92 Å². The highest BCUT2D eigenvalue weighted by Crippen LogP contribution is 2.32. The van der Waals surface area contributed by atoms with E-state index in [9.17, 15) is 0 Å². The first kappa shape index (κ1) is 9.48. The molecule has 88 valence electrons. The predicted molar refractivity (Wildman–Crippen MR) is 66.1 cm³/mol. The third-order valence-electron chi connectivity index (χ3n) is 4.07. The van der Waals surface area contributed by atoms with Crippen molar-refractivity contribution in [1.82, 2.24) is 10.3 Å². The number of nitrogens with zero attached hydrogens (tertiary/aromatic N) is 2. The maximum Gasteiger partial charge on any atom is 0.154 e. The van der Waals surface area contributed by atoms with Crippen molar-refractivity contribution in [3.63, 3.8) is 0 Å². The van der Waals surface area contributed by atoms with Crippen molar-refractivity contribution in [3.05, 3.63) is 24.6 Å². The molecule has 4 rings (SSSR count). The molecule has 4 heterocycles. The lowest BCUT2D eigenvalue weighted by Gasteiger charge is -2.25. The van der Waals surface area contributed by atoms with Gasteiger partial charge in [0.2, 0.25) is 0 Å². The van der Waals surface area contributed by atoms with Gasteiger partial charge in [-0.15, -0.1) is 0 Å². The van der Waals surface area contributed by atoms with Gasteiger partial charge in [-0.3, -0.25) is 4.98 Å². The minimum absolute atomic E-state index is 0.643. The van der Waals surface area contributed by atoms with E-state index in [1.165, 1.54) is 12.1 Å². The number of rotatable bonds is 1. The fourth-order valence-corrected chi connectivity index (χ4v) is 3.16. The largest absolute Gasteiger partial charge is 0.463 e. The van der Waals surface area contributed by atoms with Gasteiger partial charge in [-0.25, -0.2) is 0 Å². The van der Waals surface area contributed by atoms with Gasteiger partial charge in [-0.1, -0.05) is 0 Å². The molecule has 2 aliphatic heterocycles. The third kappa shape index (κ3) is 1.37. The van der Waals surface area contributed by atoms with Crippen LogP contribution in [0.25, 0.3) is 11.1 Å². The molecule has 0 saturated carbocycles. The van der Waals surface area contributed by atoms with Gasteiger partial charge < -0.3 is 14.6 Å². The Kier molecular flexibility index (Phi) is 1.93. The van der Waals surface area contributed by atoms with Gasteiger partial charge in [0.1, 0.15) is 5.52 Å². The standard InChI is InChI=1S/C13H15N3O/c1-3-16(12-8-14-6-9(1)12)10-5-13-11(15-7-10)2-4-17-13/h2,4-5,7,9,12,14H,1,3,6,8H2. The minimum atomic E-state index is 0.643. The van der Waals surface area contributed by atoms with Gasteiger partial charge in [-0.2, -0.15) is 0 Å². The summed E-state index contributed by atoms with van der Waals surface area (Å²) < 4.78 is 5.42. The van der Waals surface area contributed by atoms with E-state index in [0.29, 0.717) is 6.04 Å². The molecule has 0 bridgehead atoms. The Morgan fingerprint density at radius 2 is 2.41 bits per heavy atom. The Hall–Kier alpha value is -1.55. The molecule has 0 aromatic carbocycles. The Bertz CT molecular complexity index is 550. The molecule has 4 nitrogen and oxygen atoms in total. The van der Waals surface area contributed by atoms with Crippen LogP contribution in [0.3, 0.4) is 0 Å². The second-order valence-corrected chi connectivity index (χ2v) is 4.97. The maximum absolute atomic E-state index is 5.42. The van der Waals surface area contributed by atoms with Crippen LogP contribution in [-0.4, -0.2) is 30.7 Å². The Balaban J connectivity index is 1.73. The van der Waals surface area contributed by atoms with Gasteiger partial charge in [0, 0.05) is 37.8 Å². The number of hydrogen-bond donors (Lipinski definition) is 1.